The Morgan fingerprint density at radius 1 is 1.13 bits per heavy atom. The highest BCUT2D eigenvalue weighted by molar-refractivity contribution is 7.19. The third-order valence-electron chi connectivity index (χ3n) is 4.72. The van der Waals surface area contributed by atoms with E-state index in [0.717, 1.165) is 32.8 Å². The van der Waals surface area contributed by atoms with Crippen LogP contribution in [0.4, 0.5) is 8.78 Å². The summed E-state index contributed by atoms with van der Waals surface area (Å²) in [4.78, 5) is 31.3. The molecule has 30 heavy (non-hydrogen) atoms. The molecule has 0 bridgehead atoms. The number of nitrogens with zero attached hydrogens (tertiary/aromatic N) is 2. The number of hydrogen-bond acceptors (Lipinski definition) is 4. The molecule has 4 aromatic rings. The lowest BCUT2D eigenvalue weighted by molar-refractivity contribution is -0.117. The van der Waals surface area contributed by atoms with Crippen molar-refractivity contribution in [3.8, 4) is 11.1 Å². The van der Waals surface area contributed by atoms with Gasteiger partial charge in [0.05, 0.1) is 5.39 Å². The zero-order chi connectivity index (χ0) is 21.3. The van der Waals surface area contributed by atoms with Crippen LogP contribution in [0, 0.1) is 18.6 Å². The highest BCUT2D eigenvalue weighted by Gasteiger charge is 2.17. The Bertz CT molecular complexity index is 1300. The van der Waals surface area contributed by atoms with E-state index in [1.54, 1.807) is 0 Å². The van der Waals surface area contributed by atoms with Crippen LogP contribution in [0.1, 0.15) is 16.9 Å². The molecule has 0 radical (unpaired) electrons. The quantitative estimate of drug-likeness (QED) is 0.515. The molecule has 1 N–H and O–H groups in total. The third kappa shape index (κ3) is 3.86. The Balaban J connectivity index is 1.59. The summed E-state index contributed by atoms with van der Waals surface area (Å²) in [7, 11) is 0. The first-order chi connectivity index (χ1) is 14.4. The van der Waals surface area contributed by atoms with E-state index in [0.29, 0.717) is 15.8 Å². The Labute approximate surface area is 174 Å². The number of hydrogen-bond donors (Lipinski definition) is 1. The Morgan fingerprint density at radius 3 is 2.63 bits per heavy atom. The van der Waals surface area contributed by atoms with Crippen molar-refractivity contribution >= 4 is 27.5 Å². The van der Waals surface area contributed by atoms with Crippen molar-refractivity contribution < 1.29 is 13.6 Å². The molecule has 2 aromatic heterocycles. The van der Waals surface area contributed by atoms with Gasteiger partial charge in [0, 0.05) is 16.9 Å². The van der Waals surface area contributed by atoms with Gasteiger partial charge in [0.25, 0.3) is 5.56 Å². The molecule has 0 fully saturated rings. The second kappa shape index (κ2) is 8.16. The second-order valence-electron chi connectivity index (χ2n) is 6.78. The van der Waals surface area contributed by atoms with Crippen molar-refractivity contribution in [3.05, 3.63) is 87.3 Å². The minimum atomic E-state index is -0.958. The van der Waals surface area contributed by atoms with E-state index in [1.807, 2.05) is 37.3 Å². The molecule has 0 aliphatic carbocycles. The van der Waals surface area contributed by atoms with Gasteiger partial charge in [0.1, 0.15) is 11.2 Å². The van der Waals surface area contributed by atoms with Crippen molar-refractivity contribution in [2.75, 3.05) is 5.43 Å². The van der Waals surface area contributed by atoms with Crippen LogP contribution < -0.4 is 11.0 Å². The molecule has 0 unspecified atom stereocenters. The summed E-state index contributed by atoms with van der Waals surface area (Å²) in [6.45, 7) is 1.93. The van der Waals surface area contributed by atoms with E-state index < -0.39 is 17.5 Å². The van der Waals surface area contributed by atoms with E-state index in [-0.39, 0.29) is 18.4 Å². The number of nitrogens with one attached hydrogen (secondary N) is 1. The lowest BCUT2D eigenvalue weighted by atomic mass is 10.0. The summed E-state index contributed by atoms with van der Waals surface area (Å²) in [6, 6.07) is 13.0. The Morgan fingerprint density at radius 2 is 1.90 bits per heavy atom. The number of fused-ring (bicyclic) bond motifs is 1. The van der Waals surface area contributed by atoms with Gasteiger partial charge < -0.3 is 0 Å². The summed E-state index contributed by atoms with van der Waals surface area (Å²) in [5.74, 6) is -2.33. The molecule has 152 valence electrons. The number of thiophene rings is 1. The standard InChI is InChI=1S/C22H17F2N3O2S/c1-13-19(15-5-3-2-4-6-15)20-21(30-13)25-12-27(22(20)29)26-18(28)10-8-14-7-9-16(23)17(24)11-14/h2-7,9,11-12H,8,10H2,1H3,(H,26,28). The van der Waals surface area contributed by atoms with E-state index in [2.05, 4.69) is 10.4 Å². The minimum absolute atomic E-state index is 0.00373. The molecule has 5 nitrogen and oxygen atoms in total. The largest absolute Gasteiger partial charge is 0.281 e. The molecular formula is C22H17F2N3O2S. The number of carbonyl (C=O) groups excluding carboxylic acids is 1. The molecule has 4 rings (SSSR count). The van der Waals surface area contributed by atoms with Gasteiger partial charge in [0.15, 0.2) is 11.6 Å². The summed E-state index contributed by atoms with van der Waals surface area (Å²) in [6.07, 6.45) is 1.49. The molecule has 8 heteroatoms. The van der Waals surface area contributed by atoms with Crippen molar-refractivity contribution in [2.45, 2.75) is 19.8 Å². The maximum Gasteiger partial charge on any atom is 0.281 e. The van der Waals surface area contributed by atoms with E-state index >= 15 is 0 Å². The van der Waals surface area contributed by atoms with Crippen molar-refractivity contribution in [1.82, 2.24) is 9.66 Å². The first-order valence-electron chi connectivity index (χ1n) is 9.24. The van der Waals surface area contributed by atoms with Crippen LogP contribution in [0.3, 0.4) is 0 Å². The predicted molar refractivity (Wildman–Crippen MR) is 113 cm³/mol. The average molecular weight is 425 g/mol. The zero-order valence-electron chi connectivity index (χ0n) is 16.0. The molecule has 1 amide bonds. The van der Waals surface area contributed by atoms with E-state index in [1.165, 1.54) is 23.7 Å². The van der Waals surface area contributed by atoms with Crippen molar-refractivity contribution in [3.63, 3.8) is 0 Å². The van der Waals surface area contributed by atoms with Gasteiger partial charge in [-0.3, -0.25) is 15.0 Å². The maximum atomic E-state index is 13.3. The van der Waals surface area contributed by atoms with Crippen LogP contribution >= 0.6 is 11.3 Å². The molecule has 0 aliphatic heterocycles. The SMILES string of the molecule is Cc1sc2ncn(NC(=O)CCc3ccc(F)c(F)c3)c(=O)c2c1-c1ccccc1. The van der Waals surface area contributed by atoms with Gasteiger partial charge in [-0.2, -0.15) is 0 Å². The van der Waals surface area contributed by atoms with Crippen LogP contribution in [0.25, 0.3) is 21.3 Å². The summed E-state index contributed by atoms with van der Waals surface area (Å²) >= 11 is 1.42. The number of aryl methyl sites for hydroxylation is 2. The normalized spacial score (nSPS) is 11.0. The summed E-state index contributed by atoms with van der Waals surface area (Å²) in [5.41, 5.74) is 4.35. The van der Waals surface area contributed by atoms with Crippen LogP contribution in [-0.4, -0.2) is 15.6 Å². The highest BCUT2D eigenvalue weighted by Crippen LogP contribution is 2.35. The molecule has 0 spiro atoms. The molecule has 0 atom stereocenters. The maximum absolute atomic E-state index is 13.3. The Hall–Kier alpha value is -3.39. The predicted octanol–water partition coefficient (Wildman–Crippen LogP) is 4.41. The smallest absolute Gasteiger partial charge is 0.273 e. The molecule has 2 aromatic carbocycles. The molecule has 0 aliphatic rings. The van der Waals surface area contributed by atoms with Crippen LogP contribution in [0.15, 0.2) is 59.7 Å². The van der Waals surface area contributed by atoms with Gasteiger partial charge in [-0.15, -0.1) is 11.3 Å². The van der Waals surface area contributed by atoms with E-state index in [9.17, 15) is 18.4 Å². The number of aromatic nitrogens is 2. The van der Waals surface area contributed by atoms with Crippen LogP contribution in [0.2, 0.25) is 0 Å². The first-order valence-corrected chi connectivity index (χ1v) is 10.1. The minimum Gasteiger partial charge on any atom is -0.273 e. The Kier molecular flexibility index (Phi) is 5.41. The topological polar surface area (TPSA) is 64.0 Å². The number of amides is 1. The van der Waals surface area contributed by atoms with Crippen LogP contribution in [0.5, 0.6) is 0 Å². The lowest BCUT2D eigenvalue weighted by Crippen LogP contribution is -2.33. The van der Waals surface area contributed by atoms with Gasteiger partial charge in [0.2, 0.25) is 5.91 Å². The summed E-state index contributed by atoms with van der Waals surface area (Å²) in [5, 5.41) is 0.451. The van der Waals surface area contributed by atoms with Gasteiger partial charge in [-0.05, 0) is 36.6 Å². The fraction of sp³-hybridized carbons (Fsp3) is 0.136. The number of carbonyl (C=O) groups is 1. The third-order valence-corrected chi connectivity index (χ3v) is 5.73. The average Bonchev–Trinajstić information content (AvgIpc) is 3.08. The molecule has 0 saturated heterocycles. The highest BCUT2D eigenvalue weighted by atomic mass is 32.1. The summed E-state index contributed by atoms with van der Waals surface area (Å²) < 4.78 is 27.4. The van der Waals surface area contributed by atoms with Gasteiger partial charge in [-0.25, -0.2) is 18.4 Å². The first kappa shape index (κ1) is 19.9. The fourth-order valence-electron chi connectivity index (χ4n) is 3.28. The van der Waals surface area contributed by atoms with Gasteiger partial charge >= 0.3 is 0 Å². The van der Waals surface area contributed by atoms with Crippen molar-refractivity contribution in [2.24, 2.45) is 0 Å². The molecule has 2 heterocycles. The fourth-order valence-corrected chi connectivity index (χ4v) is 4.28. The zero-order valence-corrected chi connectivity index (χ0v) is 16.8. The van der Waals surface area contributed by atoms with Crippen molar-refractivity contribution in [1.29, 1.82) is 0 Å². The monoisotopic (exact) mass is 425 g/mol. The molecular weight excluding hydrogens is 408 g/mol. The lowest BCUT2D eigenvalue weighted by Gasteiger charge is -2.09. The number of halogens is 2. The number of rotatable bonds is 5. The second-order valence-corrected chi connectivity index (χ2v) is 7.99. The number of benzene rings is 2. The molecule has 0 saturated carbocycles. The van der Waals surface area contributed by atoms with Gasteiger partial charge in [-0.1, -0.05) is 36.4 Å². The van der Waals surface area contributed by atoms with Crippen LogP contribution in [-0.2, 0) is 11.2 Å². The van der Waals surface area contributed by atoms with E-state index in [4.69, 9.17) is 0 Å².